The maximum atomic E-state index is 12.7. The van der Waals surface area contributed by atoms with E-state index in [1.807, 2.05) is 16.7 Å². The highest BCUT2D eigenvalue weighted by Crippen LogP contribution is 2.42. The first-order valence-corrected chi connectivity index (χ1v) is 10.3. The van der Waals surface area contributed by atoms with Crippen molar-refractivity contribution in [3.63, 3.8) is 0 Å². The summed E-state index contributed by atoms with van der Waals surface area (Å²) in [6, 6.07) is 3.37. The molecule has 0 bridgehead atoms. The molecule has 3 amide bonds. The number of hydrogen-bond acceptors (Lipinski definition) is 6. The Kier molecular flexibility index (Phi) is 3.82. The summed E-state index contributed by atoms with van der Waals surface area (Å²) in [4.78, 5) is 36.2. The number of nitrogens with zero attached hydrogens (tertiary/aromatic N) is 8. The molecule has 2 fully saturated rings. The molecule has 31 heavy (non-hydrogen) atoms. The van der Waals surface area contributed by atoms with Crippen LogP contribution in [0.15, 0.2) is 30.7 Å². The molecule has 1 aliphatic heterocycles. The van der Waals surface area contributed by atoms with Crippen LogP contribution >= 0.6 is 11.6 Å². The lowest BCUT2D eigenvalue weighted by Gasteiger charge is -2.17. The van der Waals surface area contributed by atoms with Crippen molar-refractivity contribution in [1.82, 2.24) is 34.3 Å². The van der Waals surface area contributed by atoms with Gasteiger partial charge in [-0.05, 0) is 30.4 Å². The van der Waals surface area contributed by atoms with E-state index in [1.165, 1.54) is 11.9 Å². The zero-order valence-electron chi connectivity index (χ0n) is 16.6. The number of hydrogen-bond donors (Lipinski definition) is 0. The van der Waals surface area contributed by atoms with E-state index in [2.05, 4.69) is 21.5 Å². The molecule has 1 aliphatic carbocycles. The van der Waals surface area contributed by atoms with Gasteiger partial charge in [0.25, 0.3) is 0 Å². The van der Waals surface area contributed by atoms with Gasteiger partial charge in [0.15, 0.2) is 5.65 Å². The summed E-state index contributed by atoms with van der Waals surface area (Å²) < 4.78 is 3.65. The average molecular weight is 437 g/mol. The summed E-state index contributed by atoms with van der Waals surface area (Å²) in [6.07, 6.45) is 7.81. The number of imidazole rings is 1. The third kappa shape index (κ3) is 2.94. The van der Waals surface area contributed by atoms with Gasteiger partial charge >= 0.3 is 6.03 Å². The number of rotatable bonds is 4. The van der Waals surface area contributed by atoms with Gasteiger partial charge in [0.2, 0.25) is 5.91 Å². The average Bonchev–Trinajstić information content (AvgIpc) is 3.35. The lowest BCUT2D eigenvalue weighted by atomic mass is 10.1. The van der Waals surface area contributed by atoms with Crippen molar-refractivity contribution >= 4 is 45.9 Å². The van der Waals surface area contributed by atoms with Crippen LogP contribution in [0.2, 0.25) is 5.15 Å². The molecule has 5 heterocycles. The van der Waals surface area contributed by atoms with E-state index < -0.39 is 0 Å². The number of anilines is 1. The second-order valence-electron chi connectivity index (χ2n) is 7.96. The van der Waals surface area contributed by atoms with Crippen LogP contribution in [0.5, 0.6) is 0 Å². The molecular weight excluding hydrogens is 420 g/mol. The second-order valence-corrected chi connectivity index (χ2v) is 8.35. The van der Waals surface area contributed by atoms with E-state index in [0.29, 0.717) is 34.5 Å². The molecule has 4 aromatic heterocycles. The minimum atomic E-state index is -0.339. The van der Waals surface area contributed by atoms with Crippen LogP contribution in [-0.2, 0) is 11.3 Å². The van der Waals surface area contributed by atoms with E-state index in [0.717, 1.165) is 34.5 Å². The minimum Gasteiger partial charge on any atom is -0.305 e. The molecule has 2 aliphatic rings. The van der Waals surface area contributed by atoms with Gasteiger partial charge in [0.1, 0.15) is 17.2 Å². The van der Waals surface area contributed by atoms with Crippen molar-refractivity contribution in [2.24, 2.45) is 0 Å². The number of fused-ring (bicyclic) bond motifs is 2. The van der Waals surface area contributed by atoms with Gasteiger partial charge in [-0.2, -0.15) is 0 Å². The maximum Gasteiger partial charge on any atom is 0.331 e. The third-order valence-electron chi connectivity index (χ3n) is 5.81. The third-order valence-corrected chi connectivity index (χ3v) is 6.01. The lowest BCUT2D eigenvalue weighted by molar-refractivity contribution is -0.123. The first-order chi connectivity index (χ1) is 15.0. The Morgan fingerprint density at radius 3 is 2.77 bits per heavy atom. The molecule has 1 saturated heterocycles. The fourth-order valence-electron chi connectivity index (χ4n) is 3.97. The van der Waals surface area contributed by atoms with Crippen LogP contribution < -0.4 is 4.90 Å². The molecule has 4 aromatic rings. The van der Waals surface area contributed by atoms with Crippen LogP contribution in [0.4, 0.5) is 10.5 Å². The number of carbonyl (C=O) groups is 2. The van der Waals surface area contributed by atoms with Crippen molar-refractivity contribution in [3.05, 3.63) is 47.1 Å². The number of carbonyl (C=O) groups excluding carboxylic acids is 2. The number of halogens is 1. The largest absolute Gasteiger partial charge is 0.331 e. The van der Waals surface area contributed by atoms with E-state index in [4.69, 9.17) is 16.6 Å². The molecular formula is C20H17ClN8O2. The molecule has 0 N–H and O–H groups in total. The van der Waals surface area contributed by atoms with E-state index in [1.54, 1.807) is 16.9 Å². The summed E-state index contributed by atoms with van der Waals surface area (Å²) in [6.45, 7) is 0.393. The topological polar surface area (TPSA) is 102 Å². The smallest absolute Gasteiger partial charge is 0.305 e. The molecule has 0 atom stereocenters. The molecule has 0 aromatic carbocycles. The first-order valence-electron chi connectivity index (χ1n) is 9.92. The maximum absolute atomic E-state index is 12.7. The molecule has 1 saturated carbocycles. The van der Waals surface area contributed by atoms with Crippen molar-refractivity contribution < 1.29 is 9.59 Å². The predicted molar refractivity (Wildman–Crippen MR) is 112 cm³/mol. The molecule has 156 valence electrons. The van der Waals surface area contributed by atoms with Gasteiger partial charge in [-0.15, -0.1) is 5.10 Å². The Balaban J connectivity index is 1.45. The predicted octanol–water partition coefficient (Wildman–Crippen LogP) is 2.45. The van der Waals surface area contributed by atoms with E-state index in [9.17, 15) is 9.59 Å². The van der Waals surface area contributed by atoms with Gasteiger partial charge in [0.05, 0.1) is 29.6 Å². The summed E-state index contributed by atoms with van der Waals surface area (Å²) in [5, 5.41) is 8.68. The number of aromatic nitrogens is 6. The Hall–Kier alpha value is -3.53. The molecule has 11 heteroatoms. The Labute approximate surface area is 181 Å². The zero-order chi connectivity index (χ0) is 21.3. The highest BCUT2D eigenvalue weighted by molar-refractivity contribution is 6.29. The summed E-state index contributed by atoms with van der Waals surface area (Å²) in [5.41, 5.74) is 4.58. The number of likely N-dealkylation sites (N-methyl/N-ethyl adjacent to an activating group) is 1. The fourth-order valence-corrected chi connectivity index (χ4v) is 4.12. The van der Waals surface area contributed by atoms with Crippen molar-refractivity contribution in [2.45, 2.75) is 25.3 Å². The van der Waals surface area contributed by atoms with Crippen LogP contribution in [0.1, 0.15) is 30.0 Å². The molecule has 0 spiro atoms. The molecule has 0 radical (unpaired) electrons. The van der Waals surface area contributed by atoms with E-state index >= 15 is 0 Å². The highest BCUT2D eigenvalue weighted by atomic mass is 35.5. The minimum absolute atomic E-state index is 0.0144. The first kappa shape index (κ1) is 18.3. The second kappa shape index (κ2) is 6.48. The van der Waals surface area contributed by atoms with Crippen molar-refractivity contribution in [3.8, 4) is 0 Å². The van der Waals surface area contributed by atoms with Crippen LogP contribution in [0.25, 0.3) is 16.7 Å². The normalized spacial score (nSPS) is 17.0. The van der Waals surface area contributed by atoms with Gasteiger partial charge in [-0.3, -0.25) is 14.6 Å². The number of imide groups is 1. The Bertz CT molecular complexity index is 1390. The van der Waals surface area contributed by atoms with Crippen LogP contribution in [0, 0.1) is 0 Å². The van der Waals surface area contributed by atoms with Crippen LogP contribution in [0.3, 0.4) is 0 Å². The van der Waals surface area contributed by atoms with Gasteiger partial charge in [0, 0.05) is 25.5 Å². The van der Waals surface area contributed by atoms with Gasteiger partial charge < -0.3 is 4.40 Å². The quantitative estimate of drug-likeness (QED) is 0.359. The van der Waals surface area contributed by atoms with Gasteiger partial charge in [-0.1, -0.05) is 16.8 Å². The summed E-state index contributed by atoms with van der Waals surface area (Å²) in [7, 11) is 1.50. The van der Waals surface area contributed by atoms with E-state index in [-0.39, 0.29) is 18.5 Å². The van der Waals surface area contributed by atoms with Crippen molar-refractivity contribution in [2.75, 3.05) is 18.5 Å². The van der Waals surface area contributed by atoms with Gasteiger partial charge in [-0.25, -0.2) is 19.4 Å². The standard InChI is InChI=1S/C20H17ClN8O2/c1-26-18(30)10-28(20(26)31)16-4-12(11-2-3-11)7-27-8-13(23-19(16)27)9-29-15-5-17(21)22-6-14(15)24-25-29/h4-8,11H,2-3,9-10H2,1H3. The molecule has 10 nitrogen and oxygen atoms in total. The SMILES string of the molecule is CN1C(=O)CN(c2cc(C3CC3)cn3cc(Cn4nnc5cnc(Cl)cc54)nc23)C1=O. The zero-order valence-corrected chi connectivity index (χ0v) is 17.3. The molecule has 0 unspecified atom stereocenters. The number of pyridine rings is 2. The number of urea groups is 1. The summed E-state index contributed by atoms with van der Waals surface area (Å²) >= 11 is 6.03. The summed E-state index contributed by atoms with van der Waals surface area (Å²) in [5.74, 6) is 0.250. The van der Waals surface area contributed by atoms with Crippen LogP contribution in [-0.4, -0.2) is 59.8 Å². The Morgan fingerprint density at radius 2 is 2.03 bits per heavy atom. The Morgan fingerprint density at radius 1 is 1.19 bits per heavy atom. The monoisotopic (exact) mass is 436 g/mol. The fraction of sp³-hybridized carbons (Fsp3) is 0.300. The van der Waals surface area contributed by atoms with Crippen molar-refractivity contribution in [1.29, 1.82) is 0 Å². The highest BCUT2D eigenvalue weighted by Gasteiger charge is 2.36. The number of amides is 3. The molecule has 6 rings (SSSR count). The lowest BCUT2D eigenvalue weighted by Crippen LogP contribution is -2.30.